The van der Waals surface area contributed by atoms with Crippen molar-refractivity contribution in [2.24, 2.45) is 5.73 Å². The van der Waals surface area contributed by atoms with Crippen molar-refractivity contribution >= 4 is 0 Å². The molecule has 0 spiro atoms. The third-order valence-corrected chi connectivity index (χ3v) is 3.20. The highest BCUT2D eigenvalue weighted by atomic mass is 16.5. The minimum atomic E-state index is 0.229. The van der Waals surface area contributed by atoms with Crippen LogP contribution in [-0.2, 0) is 22.6 Å². The van der Waals surface area contributed by atoms with Crippen LogP contribution in [0.1, 0.15) is 5.82 Å². The predicted molar refractivity (Wildman–Crippen MR) is 66.0 cm³/mol. The molecule has 1 aromatic heterocycles. The SMILES string of the molecule is COCCOCC(CN)N1CCn2cnnc2C1. The van der Waals surface area contributed by atoms with E-state index in [9.17, 15) is 0 Å². The second kappa shape index (κ2) is 6.79. The number of ether oxygens (including phenoxy) is 2. The normalized spacial score (nSPS) is 17.7. The largest absolute Gasteiger partial charge is 0.382 e. The van der Waals surface area contributed by atoms with Crippen LogP contribution in [0.3, 0.4) is 0 Å². The first-order chi connectivity index (χ1) is 8.85. The average Bonchev–Trinajstić information content (AvgIpc) is 2.86. The van der Waals surface area contributed by atoms with E-state index in [-0.39, 0.29) is 6.04 Å². The second-order valence-corrected chi connectivity index (χ2v) is 4.37. The van der Waals surface area contributed by atoms with E-state index in [2.05, 4.69) is 19.7 Å². The second-order valence-electron chi connectivity index (χ2n) is 4.37. The van der Waals surface area contributed by atoms with Crippen LogP contribution in [0.2, 0.25) is 0 Å². The highest BCUT2D eigenvalue weighted by Gasteiger charge is 2.23. The molecule has 1 unspecified atom stereocenters. The van der Waals surface area contributed by atoms with E-state index in [1.165, 1.54) is 0 Å². The fourth-order valence-electron chi connectivity index (χ4n) is 2.08. The molecule has 0 aromatic carbocycles. The Labute approximate surface area is 107 Å². The van der Waals surface area contributed by atoms with Gasteiger partial charge >= 0.3 is 0 Å². The maximum atomic E-state index is 5.82. The van der Waals surface area contributed by atoms with Crippen molar-refractivity contribution in [3.05, 3.63) is 12.2 Å². The van der Waals surface area contributed by atoms with Gasteiger partial charge in [-0.05, 0) is 0 Å². The van der Waals surface area contributed by atoms with Crippen molar-refractivity contribution in [1.29, 1.82) is 0 Å². The lowest BCUT2D eigenvalue weighted by Gasteiger charge is -2.33. The molecule has 2 heterocycles. The summed E-state index contributed by atoms with van der Waals surface area (Å²) in [6, 6.07) is 0.229. The Morgan fingerprint density at radius 3 is 3.11 bits per heavy atom. The molecule has 0 radical (unpaired) electrons. The minimum absolute atomic E-state index is 0.229. The van der Waals surface area contributed by atoms with Crippen LogP contribution in [0.15, 0.2) is 6.33 Å². The molecule has 1 aliphatic rings. The monoisotopic (exact) mass is 255 g/mol. The smallest absolute Gasteiger partial charge is 0.147 e. The Morgan fingerprint density at radius 2 is 2.33 bits per heavy atom. The molecule has 0 aliphatic carbocycles. The van der Waals surface area contributed by atoms with Gasteiger partial charge in [0.15, 0.2) is 0 Å². The van der Waals surface area contributed by atoms with Gasteiger partial charge in [0.1, 0.15) is 12.2 Å². The fourth-order valence-corrected chi connectivity index (χ4v) is 2.08. The zero-order valence-corrected chi connectivity index (χ0v) is 10.8. The Kier molecular flexibility index (Phi) is 5.06. The summed E-state index contributed by atoms with van der Waals surface area (Å²) in [7, 11) is 1.67. The van der Waals surface area contributed by atoms with E-state index in [4.69, 9.17) is 15.2 Å². The molecule has 1 aromatic rings. The van der Waals surface area contributed by atoms with Crippen LogP contribution < -0.4 is 5.73 Å². The van der Waals surface area contributed by atoms with Gasteiger partial charge in [-0.2, -0.15) is 0 Å². The van der Waals surface area contributed by atoms with Gasteiger partial charge in [-0.1, -0.05) is 0 Å². The highest BCUT2D eigenvalue weighted by molar-refractivity contribution is 4.92. The molecule has 2 N–H and O–H groups in total. The lowest BCUT2D eigenvalue weighted by Crippen LogP contribution is -2.47. The van der Waals surface area contributed by atoms with Crippen molar-refractivity contribution in [3.63, 3.8) is 0 Å². The first-order valence-corrected chi connectivity index (χ1v) is 6.22. The fraction of sp³-hybridized carbons (Fsp3) is 0.818. The van der Waals surface area contributed by atoms with Gasteiger partial charge in [0.25, 0.3) is 0 Å². The summed E-state index contributed by atoms with van der Waals surface area (Å²) in [6.45, 7) is 5.10. The van der Waals surface area contributed by atoms with Crippen LogP contribution in [0, 0.1) is 0 Å². The number of rotatable bonds is 7. The topological polar surface area (TPSA) is 78.4 Å². The third-order valence-electron chi connectivity index (χ3n) is 3.20. The number of nitrogens with zero attached hydrogens (tertiary/aromatic N) is 4. The van der Waals surface area contributed by atoms with E-state index in [0.29, 0.717) is 26.4 Å². The minimum Gasteiger partial charge on any atom is -0.382 e. The Balaban J connectivity index is 1.82. The van der Waals surface area contributed by atoms with Crippen molar-refractivity contribution in [1.82, 2.24) is 19.7 Å². The van der Waals surface area contributed by atoms with E-state index in [0.717, 1.165) is 25.5 Å². The standard InChI is InChI=1S/C11H21N5O2/c1-17-4-5-18-8-10(6-12)15-2-3-16-9-13-14-11(16)7-15/h9-10H,2-8,12H2,1H3. The molecule has 0 fully saturated rings. The van der Waals surface area contributed by atoms with Gasteiger partial charge in [-0.25, -0.2) is 0 Å². The average molecular weight is 255 g/mol. The van der Waals surface area contributed by atoms with Gasteiger partial charge in [-0.15, -0.1) is 10.2 Å². The number of fused-ring (bicyclic) bond motifs is 1. The summed E-state index contributed by atoms with van der Waals surface area (Å²) in [6.07, 6.45) is 1.78. The van der Waals surface area contributed by atoms with Gasteiger partial charge in [0.2, 0.25) is 0 Å². The molecule has 7 heteroatoms. The first-order valence-electron chi connectivity index (χ1n) is 6.22. The molecular formula is C11H21N5O2. The number of hydrogen-bond donors (Lipinski definition) is 1. The van der Waals surface area contributed by atoms with Gasteiger partial charge in [0.05, 0.1) is 26.4 Å². The molecule has 0 saturated carbocycles. The summed E-state index contributed by atoms with van der Waals surface area (Å²) in [5.41, 5.74) is 5.82. The molecule has 7 nitrogen and oxygen atoms in total. The van der Waals surface area contributed by atoms with Crippen LogP contribution >= 0.6 is 0 Å². The predicted octanol–water partition coefficient (Wildman–Crippen LogP) is -0.916. The van der Waals surface area contributed by atoms with Crippen molar-refractivity contribution in [3.8, 4) is 0 Å². The summed E-state index contributed by atoms with van der Waals surface area (Å²) >= 11 is 0. The van der Waals surface area contributed by atoms with Gasteiger partial charge < -0.3 is 19.8 Å². The highest BCUT2D eigenvalue weighted by Crippen LogP contribution is 2.12. The maximum absolute atomic E-state index is 5.82. The summed E-state index contributed by atoms with van der Waals surface area (Å²) in [5, 5.41) is 8.02. The van der Waals surface area contributed by atoms with Crippen LogP contribution in [0.5, 0.6) is 0 Å². The molecule has 1 atom stereocenters. The van der Waals surface area contributed by atoms with E-state index < -0.39 is 0 Å². The maximum Gasteiger partial charge on any atom is 0.147 e. The van der Waals surface area contributed by atoms with Crippen LogP contribution in [0.25, 0.3) is 0 Å². The quantitative estimate of drug-likeness (QED) is 0.635. The Hall–Kier alpha value is -1.02. The van der Waals surface area contributed by atoms with E-state index in [1.807, 2.05) is 0 Å². The Morgan fingerprint density at radius 1 is 1.44 bits per heavy atom. The van der Waals surface area contributed by atoms with Crippen LogP contribution in [-0.4, -0.2) is 65.7 Å². The van der Waals surface area contributed by atoms with E-state index >= 15 is 0 Å². The molecule has 2 rings (SSSR count). The summed E-state index contributed by atoms with van der Waals surface area (Å²) in [4.78, 5) is 2.30. The number of methoxy groups -OCH3 is 1. The van der Waals surface area contributed by atoms with E-state index in [1.54, 1.807) is 13.4 Å². The molecule has 18 heavy (non-hydrogen) atoms. The lowest BCUT2D eigenvalue weighted by molar-refractivity contribution is 0.0241. The zero-order chi connectivity index (χ0) is 12.8. The number of nitrogens with two attached hydrogens (primary N) is 1. The molecule has 0 bridgehead atoms. The number of aromatic nitrogens is 3. The van der Waals surface area contributed by atoms with Crippen molar-refractivity contribution in [2.75, 3.05) is 40.0 Å². The number of hydrogen-bond acceptors (Lipinski definition) is 6. The third kappa shape index (κ3) is 3.26. The first kappa shape index (κ1) is 13.4. The van der Waals surface area contributed by atoms with Gasteiger partial charge in [-0.3, -0.25) is 4.90 Å². The summed E-state index contributed by atoms with van der Waals surface area (Å²) < 4.78 is 12.6. The molecule has 1 aliphatic heterocycles. The zero-order valence-electron chi connectivity index (χ0n) is 10.8. The molecular weight excluding hydrogens is 234 g/mol. The Bertz CT molecular complexity index is 357. The molecule has 0 saturated heterocycles. The molecule has 0 amide bonds. The van der Waals surface area contributed by atoms with Crippen molar-refractivity contribution in [2.45, 2.75) is 19.1 Å². The summed E-state index contributed by atoms with van der Waals surface area (Å²) in [5.74, 6) is 0.997. The molecule has 102 valence electrons. The lowest BCUT2D eigenvalue weighted by atomic mass is 10.2. The van der Waals surface area contributed by atoms with Crippen LogP contribution in [0.4, 0.5) is 0 Å². The van der Waals surface area contributed by atoms with Crippen molar-refractivity contribution < 1.29 is 9.47 Å². The van der Waals surface area contributed by atoms with Gasteiger partial charge in [0, 0.05) is 32.8 Å².